The van der Waals surface area contributed by atoms with Gasteiger partial charge in [-0.3, -0.25) is 0 Å². The zero-order valence-electron chi connectivity index (χ0n) is 21.2. The monoisotopic (exact) mass is 543 g/mol. The van der Waals surface area contributed by atoms with E-state index in [2.05, 4.69) is 4.99 Å². The summed E-state index contributed by atoms with van der Waals surface area (Å²) in [6.45, 7) is 1.93. The standard InChI is InChI=1S/C33H22F5NO/c1-33(21-13-7-3-8-14-21,22-15-9-4-10-16-22)25-18-17-23(20-11-5-2-6-12-20)24(32(25)40)19-39-31-29(37)27(35)26(34)28(36)30(31)38/h2-19,40H,1H3. The average molecular weight is 544 g/mol. The minimum absolute atomic E-state index is 0.0470. The van der Waals surface area contributed by atoms with E-state index in [4.69, 9.17) is 0 Å². The Labute approximate surface area is 227 Å². The lowest BCUT2D eigenvalue weighted by molar-refractivity contribution is 0.381. The second-order valence-corrected chi connectivity index (χ2v) is 9.32. The topological polar surface area (TPSA) is 32.6 Å². The number of aromatic hydroxyl groups is 1. The van der Waals surface area contributed by atoms with Gasteiger partial charge in [0.05, 0.1) is 0 Å². The second-order valence-electron chi connectivity index (χ2n) is 9.32. The Balaban J connectivity index is 1.79. The van der Waals surface area contributed by atoms with Crippen molar-refractivity contribution in [1.82, 2.24) is 0 Å². The summed E-state index contributed by atoms with van der Waals surface area (Å²) in [6, 6.07) is 31.2. The molecule has 1 N–H and O–H groups in total. The Kier molecular flexibility index (Phi) is 7.22. The molecule has 0 aliphatic rings. The SMILES string of the molecule is CC(c1ccccc1)(c1ccccc1)c1ccc(-c2ccccc2)c(C=Nc2c(F)c(F)c(F)c(F)c2F)c1O. The Morgan fingerprint density at radius 2 is 1.05 bits per heavy atom. The second kappa shape index (κ2) is 10.8. The van der Waals surface area contributed by atoms with Crippen molar-refractivity contribution in [1.29, 1.82) is 0 Å². The molecule has 0 saturated carbocycles. The van der Waals surface area contributed by atoms with Crippen molar-refractivity contribution < 1.29 is 27.1 Å². The Bertz CT molecular complexity index is 1640. The van der Waals surface area contributed by atoms with Gasteiger partial charge in [-0.05, 0) is 29.2 Å². The fourth-order valence-electron chi connectivity index (χ4n) is 4.87. The van der Waals surface area contributed by atoms with Crippen molar-refractivity contribution in [2.24, 2.45) is 4.99 Å². The first kappa shape index (κ1) is 26.8. The van der Waals surface area contributed by atoms with E-state index >= 15 is 0 Å². The fraction of sp³-hybridized carbons (Fsp3) is 0.0606. The van der Waals surface area contributed by atoms with Gasteiger partial charge in [0.2, 0.25) is 5.82 Å². The lowest BCUT2D eigenvalue weighted by Crippen LogP contribution is -2.25. The van der Waals surface area contributed by atoms with E-state index < -0.39 is 40.2 Å². The van der Waals surface area contributed by atoms with Gasteiger partial charge < -0.3 is 5.11 Å². The average Bonchev–Trinajstić information content (AvgIpc) is 3.00. The number of phenols is 1. The minimum Gasteiger partial charge on any atom is -0.507 e. The number of phenolic OH excluding ortho intramolecular Hbond substituents is 1. The van der Waals surface area contributed by atoms with Crippen molar-refractivity contribution in [3.8, 4) is 16.9 Å². The molecule has 7 heteroatoms. The zero-order chi connectivity index (χ0) is 28.4. The van der Waals surface area contributed by atoms with Gasteiger partial charge in [-0.25, -0.2) is 26.9 Å². The first-order chi connectivity index (χ1) is 19.2. The molecule has 0 aliphatic heterocycles. The molecule has 0 bridgehead atoms. The highest BCUT2D eigenvalue weighted by Gasteiger charge is 2.35. The maximum atomic E-state index is 14.4. The fourth-order valence-corrected chi connectivity index (χ4v) is 4.87. The van der Waals surface area contributed by atoms with E-state index in [0.29, 0.717) is 16.7 Å². The van der Waals surface area contributed by atoms with Crippen molar-refractivity contribution in [3.63, 3.8) is 0 Å². The highest BCUT2D eigenvalue weighted by atomic mass is 19.2. The molecule has 5 aromatic rings. The van der Waals surface area contributed by atoms with Gasteiger partial charge in [0.1, 0.15) is 11.4 Å². The third-order valence-electron chi connectivity index (χ3n) is 7.05. The van der Waals surface area contributed by atoms with E-state index in [1.807, 2.05) is 67.6 Å². The summed E-state index contributed by atoms with van der Waals surface area (Å²) in [4.78, 5) is 3.67. The van der Waals surface area contributed by atoms with Crippen LogP contribution in [0.5, 0.6) is 5.75 Å². The van der Waals surface area contributed by atoms with Gasteiger partial charge in [-0.1, -0.05) is 103 Å². The summed E-state index contributed by atoms with van der Waals surface area (Å²) < 4.78 is 70.2. The molecule has 0 saturated heterocycles. The van der Waals surface area contributed by atoms with E-state index in [1.54, 1.807) is 42.5 Å². The largest absolute Gasteiger partial charge is 0.507 e. The third-order valence-corrected chi connectivity index (χ3v) is 7.05. The number of aliphatic imine (C=N–C) groups is 1. The summed E-state index contributed by atoms with van der Waals surface area (Å²) in [5.74, 6) is -10.9. The predicted octanol–water partition coefficient (Wildman–Crippen LogP) is 8.86. The number of hydrogen-bond donors (Lipinski definition) is 1. The quantitative estimate of drug-likeness (QED) is 0.0750. The van der Waals surface area contributed by atoms with Crippen molar-refractivity contribution in [2.75, 3.05) is 0 Å². The smallest absolute Gasteiger partial charge is 0.200 e. The van der Waals surface area contributed by atoms with Gasteiger partial charge in [0.15, 0.2) is 23.3 Å². The van der Waals surface area contributed by atoms with E-state index in [9.17, 15) is 27.1 Å². The van der Waals surface area contributed by atoms with Crippen LogP contribution in [0.3, 0.4) is 0 Å². The summed E-state index contributed by atoms with van der Waals surface area (Å²) in [7, 11) is 0. The molecule has 0 atom stereocenters. The molecular weight excluding hydrogens is 521 g/mol. The number of halogens is 5. The number of hydrogen-bond acceptors (Lipinski definition) is 2. The van der Waals surface area contributed by atoms with Crippen molar-refractivity contribution in [2.45, 2.75) is 12.3 Å². The molecular formula is C33H22F5NO. The maximum absolute atomic E-state index is 14.4. The van der Waals surface area contributed by atoms with Crippen LogP contribution in [-0.2, 0) is 5.41 Å². The molecule has 0 heterocycles. The van der Waals surface area contributed by atoms with Gasteiger partial charge in [0.25, 0.3) is 0 Å². The Morgan fingerprint density at radius 1 is 0.600 bits per heavy atom. The van der Waals surface area contributed by atoms with Crippen LogP contribution in [0.4, 0.5) is 27.6 Å². The van der Waals surface area contributed by atoms with Gasteiger partial charge in [-0.2, -0.15) is 0 Å². The molecule has 0 unspecified atom stereocenters. The lowest BCUT2D eigenvalue weighted by atomic mass is 9.70. The van der Waals surface area contributed by atoms with Crippen molar-refractivity contribution in [3.05, 3.63) is 154 Å². The Morgan fingerprint density at radius 3 is 1.55 bits per heavy atom. The van der Waals surface area contributed by atoms with Crippen LogP contribution in [-0.4, -0.2) is 11.3 Å². The molecule has 5 rings (SSSR count). The molecule has 0 radical (unpaired) electrons. The van der Waals surface area contributed by atoms with Gasteiger partial charge >= 0.3 is 0 Å². The van der Waals surface area contributed by atoms with Crippen LogP contribution >= 0.6 is 0 Å². The first-order valence-corrected chi connectivity index (χ1v) is 12.3. The molecule has 0 fully saturated rings. The molecule has 2 nitrogen and oxygen atoms in total. The van der Waals surface area contributed by atoms with E-state index in [0.717, 1.165) is 17.3 Å². The predicted molar refractivity (Wildman–Crippen MR) is 145 cm³/mol. The number of rotatable bonds is 6. The highest BCUT2D eigenvalue weighted by Crippen LogP contribution is 2.45. The molecule has 0 spiro atoms. The zero-order valence-corrected chi connectivity index (χ0v) is 21.2. The third kappa shape index (κ3) is 4.53. The van der Waals surface area contributed by atoms with Gasteiger partial charge in [-0.15, -0.1) is 0 Å². The molecule has 200 valence electrons. The van der Waals surface area contributed by atoms with Crippen LogP contribution in [0.15, 0.2) is 108 Å². The molecule has 0 aliphatic carbocycles. The van der Waals surface area contributed by atoms with Crippen LogP contribution < -0.4 is 0 Å². The normalized spacial score (nSPS) is 11.8. The van der Waals surface area contributed by atoms with Crippen LogP contribution in [0.1, 0.15) is 29.2 Å². The van der Waals surface area contributed by atoms with Crippen molar-refractivity contribution >= 4 is 11.9 Å². The van der Waals surface area contributed by atoms with E-state index in [-0.39, 0.29) is 11.3 Å². The van der Waals surface area contributed by atoms with E-state index in [1.165, 1.54) is 0 Å². The number of nitrogens with zero attached hydrogens (tertiary/aromatic N) is 1. The number of benzene rings is 5. The summed E-state index contributed by atoms with van der Waals surface area (Å²) in [5, 5.41) is 11.8. The summed E-state index contributed by atoms with van der Waals surface area (Å²) in [6.07, 6.45) is 0.926. The molecule has 0 amide bonds. The maximum Gasteiger partial charge on any atom is 0.200 e. The minimum atomic E-state index is -2.27. The molecule has 0 aromatic heterocycles. The highest BCUT2D eigenvalue weighted by molar-refractivity contribution is 5.95. The van der Waals surface area contributed by atoms with Crippen LogP contribution in [0.25, 0.3) is 11.1 Å². The summed E-state index contributed by atoms with van der Waals surface area (Å²) in [5.41, 5.74) is 1.04. The Hall–Kier alpha value is -4.78. The lowest BCUT2D eigenvalue weighted by Gasteiger charge is -2.33. The van der Waals surface area contributed by atoms with Crippen LogP contribution in [0.2, 0.25) is 0 Å². The van der Waals surface area contributed by atoms with Crippen LogP contribution in [0, 0.1) is 29.1 Å². The van der Waals surface area contributed by atoms with Gasteiger partial charge in [0, 0.05) is 22.8 Å². The first-order valence-electron chi connectivity index (χ1n) is 12.3. The summed E-state index contributed by atoms with van der Waals surface area (Å²) >= 11 is 0. The molecule has 5 aromatic carbocycles. The molecule has 40 heavy (non-hydrogen) atoms.